The van der Waals surface area contributed by atoms with Crippen molar-refractivity contribution in [3.05, 3.63) is 34.4 Å². The highest BCUT2D eigenvalue weighted by Gasteiger charge is 2.23. The standard InChI is InChI=1S/C14H19N3O4/c18-13-4-2-1-3-10(13)9-15-14(19)16-11-5-7-12(8-6-11)17(20)21/h5-8,10,13,18H,1-4,9H2,(H2,15,16,19). The zero-order valence-electron chi connectivity index (χ0n) is 11.6. The van der Waals surface area contributed by atoms with Gasteiger partial charge >= 0.3 is 6.03 Å². The number of carbonyl (C=O) groups is 1. The van der Waals surface area contributed by atoms with Crippen LogP contribution in [0.3, 0.4) is 0 Å². The van der Waals surface area contributed by atoms with Crippen LogP contribution in [0, 0.1) is 16.0 Å². The average molecular weight is 293 g/mol. The first-order valence-corrected chi connectivity index (χ1v) is 7.03. The molecule has 1 fully saturated rings. The Morgan fingerprint density at radius 3 is 2.57 bits per heavy atom. The molecule has 2 unspecified atom stereocenters. The molecule has 7 heteroatoms. The van der Waals surface area contributed by atoms with Gasteiger partial charge in [-0.2, -0.15) is 0 Å². The van der Waals surface area contributed by atoms with E-state index in [0.29, 0.717) is 12.2 Å². The van der Waals surface area contributed by atoms with E-state index in [1.54, 1.807) is 0 Å². The molecule has 0 saturated heterocycles. The quantitative estimate of drug-likeness (QED) is 0.585. The Labute approximate surface area is 122 Å². The molecule has 0 spiro atoms. The summed E-state index contributed by atoms with van der Waals surface area (Å²) in [6.45, 7) is 0.431. The molecule has 0 bridgehead atoms. The van der Waals surface area contributed by atoms with Crippen LogP contribution < -0.4 is 10.6 Å². The number of nitrogens with one attached hydrogen (secondary N) is 2. The SMILES string of the molecule is O=C(NCC1CCCCC1O)Nc1ccc([N+](=O)[O-])cc1. The van der Waals surface area contributed by atoms with E-state index in [1.165, 1.54) is 24.3 Å². The van der Waals surface area contributed by atoms with Crippen molar-refractivity contribution in [3.8, 4) is 0 Å². The molecule has 0 aromatic heterocycles. The fourth-order valence-corrected chi connectivity index (χ4v) is 2.49. The number of rotatable bonds is 4. The van der Waals surface area contributed by atoms with Crippen molar-refractivity contribution >= 4 is 17.4 Å². The number of nitro groups is 1. The van der Waals surface area contributed by atoms with E-state index in [-0.39, 0.29) is 23.7 Å². The summed E-state index contributed by atoms with van der Waals surface area (Å²) in [6, 6.07) is 5.25. The molecule has 1 aromatic carbocycles. The van der Waals surface area contributed by atoms with Crippen molar-refractivity contribution in [2.45, 2.75) is 31.8 Å². The number of aliphatic hydroxyl groups excluding tert-OH is 1. The first kappa shape index (κ1) is 15.2. The topological polar surface area (TPSA) is 104 Å². The lowest BCUT2D eigenvalue weighted by atomic mass is 9.86. The van der Waals surface area contributed by atoms with Crippen molar-refractivity contribution in [2.24, 2.45) is 5.92 Å². The fourth-order valence-electron chi connectivity index (χ4n) is 2.49. The minimum Gasteiger partial charge on any atom is -0.393 e. The van der Waals surface area contributed by atoms with Crippen LogP contribution in [0.25, 0.3) is 0 Å². The van der Waals surface area contributed by atoms with Crippen molar-refractivity contribution in [2.75, 3.05) is 11.9 Å². The largest absolute Gasteiger partial charge is 0.393 e. The molecular formula is C14H19N3O4. The van der Waals surface area contributed by atoms with Gasteiger partial charge in [-0.3, -0.25) is 10.1 Å². The molecule has 3 N–H and O–H groups in total. The minimum absolute atomic E-state index is 0.0220. The van der Waals surface area contributed by atoms with Crippen molar-refractivity contribution in [3.63, 3.8) is 0 Å². The van der Waals surface area contributed by atoms with Gasteiger partial charge in [0.05, 0.1) is 11.0 Å². The molecule has 0 heterocycles. The number of nitro benzene ring substituents is 1. The fraction of sp³-hybridized carbons (Fsp3) is 0.500. The van der Waals surface area contributed by atoms with Crippen LogP contribution in [0.2, 0.25) is 0 Å². The molecule has 1 aliphatic carbocycles. The summed E-state index contributed by atoms with van der Waals surface area (Å²) in [5.74, 6) is 0.0985. The lowest BCUT2D eigenvalue weighted by molar-refractivity contribution is -0.384. The van der Waals surface area contributed by atoms with Crippen LogP contribution >= 0.6 is 0 Å². The second kappa shape index (κ2) is 7.03. The zero-order valence-corrected chi connectivity index (χ0v) is 11.6. The van der Waals surface area contributed by atoms with Crippen LogP contribution in [0.5, 0.6) is 0 Å². The number of benzene rings is 1. The number of aliphatic hydroxyl groups is 1. The monoisotopic (exact) mass is 293 g/mol. The summed E-state index contributed by atoms with van der Waals surface area (Å²) >= 11 is 0. The van der Waals surface area contributed by atoms with Crippen molar-refractivity contribution in [1.29, 1.82) is 0 Å². The second-order valence-corrected chi connectivity index (χ2v) is 5.25. The minimum atomic E-state index is -0.492. The Kier molecular flexibility index (Phi) is 5.10. The molecule has 0 radical (unpaired) electrons. The Balaban J connectivity index is 1.80. The van der Waals surface area contributed by atoms with Crippen LogP contribution in [0.1, 0.15) is 25.7 Å². The van der Waals surface area contributed by atoms with Crippen LogP contribution in [0.4, 0.5) is 16.2 Å². The molecule has 1 saturated carbocycles. The third-order valence-corrected chi connectivity index (χ3v) is 3.73. The lowest BCUT2D eigenvalue weighted by Gasteiger charge is -2.27. The molecule has 21 heavy (non-hydrogen) atoms. The maximum atomic E-state index is 11.7. The van der Waals surface area contributed by atoms with E-state index in [0.717, 1.165) is 25.7 Å². The van der Waals surface area contributed by atoms with E-state index < -0.39 is 4.92 Å². The molecule has 114 valence electrons. The molecule has 0 aliphatic heterocycles. The van der Waals surface area contributed by atoms with Gasteiger partial charge in [0.2, 0.25) is 0 Å². The Bertz CT molecular complexity index is 503. The molecule has 2 atom stereocenters. The normalized spacial score (nSPS) is 21.6. The first-order chi connectivity index (χ1) is 10.1. The van der Waals surface area contributed by atoms with E-state index >= 15 is 0 Å². The second-order valence-electron chi connectivity index (χ2n) is 5.25. The van der Waals surface area contributed by atoms with Gasteiger partial charge < -0.3 is 15.7 Å². The Hall–Kier alpha value is -2.15. The zero-order chi connectivity index (χ0) is 15.2. The number of hydrogen-bond donors (Lipinski definition) is 3. The van der Waals surface area contributed by atoms with Crippen molar-refractivity contribution in [1.82, 2.24) is 5.32 Å². The molecule has 2 amide bonds. The van der Waals surface area contributed by atoms with Gasteiger partial charge in [0.25, 0.3) is 5.69 Å². The van der Waals surface area contributed by atoms with Gasteiger partial charge in [-0.1, -0.05) is 12.8 Å². The Morgan fingerprint density at radius 2 is 1.95 bits per heavy atom. The van der Waals surface area contributed by atoms with Crippen molar-refractivity contribution < 1.29 is 14.8 Å². The number of non-ortho nitro benzene ring substituents is 1. The predicted molar refractivity (Wildman–Crippen MR) is 78.1 cm³/mol. The molecule has 7 nitrogen and oxygen atoms in total. The highest BCUT2D eigenvalue weighted by molar-refractivity contribution is 5.89. The third kappa shape index (κ3) is 4.42. The number of hydrogen-bond acceptors (Lipinski definition) is 4. The van der Waals surface area contributed by atoms with Gasteiger partial charge in [-0.05, 0) is 25.0 Å². The van der Waals surface area contributed by atoms with E-state index in [1.807, 2.05) is 0 Å². The summed E-state index contributed by atoms with van der Waals surface area (Å²) < 4.78 is 0. The lowest BCUT2D eigenvalue weighted by Crippen LogP contribution is -2.38. The van der Waals surface area contributed by atoms with Crippen LogP contribution in [0.15, 0.2) is 24.3 Å². The summed E-state index contributed by atoms with van der Waals surface area (Å²) in [5.41, 5.74) is 0.466. The summed E-state index contributed by atoms with van der Waals surface area (Å²) in [7, 11) is 0. The van der Waals surface area contributed by atoms with Gasteiger partial charge in [0.15, 0.2) is 0 Å². The number of nitrogens with zero attached hydrogens (tertiary/aromatic N) is 1. The smallest absolute Gasteiger partial charge is 0.319 e. The van der Waals surface area contributed by atoms with E-state index in [2.05, 4.69) is 10.6 Å². The number of carbonyl (C=O) groups excluding carboxylic acids is 1. The average Bonchev–Trinajstić information content (AvgIpc) is 2.47. The summed E-state index contributed by atoms with van der Waals surface area (Å²) in [6.07, 6.45) is 3.47. The maximum Gasteiger partial charge on any atom is 0.319 e. The van der Waals surface area contributed by atoms with E-state index in [9.17, 15) is 20.0 Å². The highest BCUT2D eigenvalue weighted by Crippen LogP contribution is 2.23. The number of amides is 2. The number of anilines is 1. The van der Waals surface area contributed by atoms with Gasteiger partial charge in [-0.25, -0.2) is 4.79 Å². The highest BCUT2D eigenvalue weighted by atomic mass is 16.6. The van der Waals surface area contributed by atoms with Gasteiger partial charge in [0, 0.05) is 30.3 Å². The molecular weight excluding hydrogens is 274 g/mol. The Morgan fingerprint density at radius 1 is 1.29 bits per heavy atom. The third-order valence-electron chi connectivity index (χ3n) is 3.73. The predicted octanol–water partition coefficient (Wildman–Crippen LogP) is 2.27. The number of urea groups is 1. The van der Waals surface area contributed by atoms with Gasteiger partial charge in [-0.15, -0.1) is 0 Å². The van der Waals surface area contributed by atoms with E-state index in [4.69, 9.17) is 0 Å². The summed E-state index contributed by atoms with van der Waals surface area (Å²) in [5, 5.41) is 25.7. The molecule has 1 aromatic rings. The van der Waals surface area contributed by atoms with Gasteiger partial charge in [0.1, 0.15) is 0 Å². The molecule has 2 rings (SSSR count). The molecule has 1 aliphatic rings. The van der Waals surface area contributed by atoms with Crippen LogP contribution in [-0.4, -0.2) is 28.7 Å². The maximum absolute atomic E-state index is 11.7. The first-order valence-electron chi connectivity index (χ1n) is 7.03. The summed E-state index contributed by atoms with van der Waals surface area (Å²) in [4.78, 5) is 21.8. The van der Waals surface area contributed by atoms with Crippen LogP contribution in [-0.2, 0) is 0 Å².